The summed E-state index contributed by atoms with van der Waals surface area (Å²) >= 11 is 0. The summed E-state index contributed by atoms with van der Waals surface area (Å²) in [4.78, 5) is 10.4. The maximum atomic E-state index is 11.7. The zero-order chi connectivity index (χ0) is 10.9. The molecular formula is C8H13F3O2. The average Bonchev–Trinajstić information content (AvgIpc) is 1.82. The number of carbonyl (C=O) groups excluding carboxylic acids is 1. The summed E-state index contributed by atoms with van der Waals surface area (Å²) in [6.07, 6.45) is -5.67. The van der Waals surface area contributed by atoms with E-state index in [0.29, 0.717) is 0 Å². The molecule has 0 spiro atoms. The van der Waals surface area contributed by atoms with E-state index in [2.05, 4.69) is 4.74 Å². The molecule has 0 aliphatic carbocycles. The van der Waals surface area contributed by atoms with Gasteiger partial charge in [-0.3, -0.25) is 0 Å². The van der Waals surface area contributed by atoms with Crippen LogP contribution in [-0.2, 0) is 9.53 Å². The minimum atomic E-state index is -4.90. The van der Waals surface area contributed by atoms with Crippen LogP contribution in [0, 0.1) is 5.41 Å². The third-order valence-electron chi connectivity index (χ3n) is 1.73. The summed E-state index contributed by atoms with van der Waals surface area (Å²) < 4.78 is 39.4. The molecule has 0 aromatic carbocycles. The van der Waals surface area contributed by atoms with Crippen LogP contribution < -0.4 is 0 Å². The quantitative estimate of drug-likeness (QED) is 0.605. The van der Waals surface area contributed by atoms with Crippen molar-refractivity contribution in [1.29, 1.82) is 0 Å². The molecule has 0 aliphatic rings. The highest BCUT2D eigenvalue weighted by atomic mass is 19.4. The van der Waals surface area contributed by atoms with Gasteiger partial charge in [0.2, 0.25) is 0 Å². The zero-order valence-corrected chi connectivity index (χ0v) is 8.03. The molecule has 0 aromatic heterocycles. The van der Waals surface area contributed by atoms with Gasteiger partial charge in [-0.05, 0) is 12.3 Å². The summed E-state index contributed by atoms with van der Waals surface area (Å²) in [5.41, 5.74) is -0.485. The first-order valence-corrected chi connectivity index (χ1v) is 3.83. The largest absolute Gasteiger partial charge is 0.490 e. The van der Waals surface area contributed by atoms with Crippen LogP contribution in [0.15, 0.2) is 0 Å². The van der Waals surface area contributed by atoms with Gasteiger partial charge < -0.3 is 4.74 Å². The maximum absolute atomic E-state index is 11.7. The second-order valence-corrected chi connectivity index (χ2v) is 3.91. The topological polar surface area (TPSA) is 26.3 Å². The van der Waals surface area contributed by atoms with E-state index in [-0.39, 0.29) is 0 Å². The van der Waals surface area contributed by atoms with E-state index in [1.165, 1.54) is 6.92 Å². The molecular weight excluding hydrogens is 185 g/mol. The van der Waals surface area contributed by atoms with Gasteiger partial charge in [0.05, 0.1) is 0 Å². The third-order valence-corrected chi connectivity index (χ3v) is 1.73. The summed E-state index contributed by atoms with van der Waals surface area (Å²) in [7, 11) is 0. The third kappa shape index (κ3) is 4.15. The van der Waals surface area contributed by atoms with E-state index in [0.717, 1.165) is 0 Å². The first-order valence-electron chi connectivity index (χ1n) is 3.83. The maximum Gasteiger partial charge on any atom is 0.490 e. The SMILES string of the molecule is C[C@H](OC(=O)C(F)(F)F)C(C)(C)C. The van der Waals surface area contributed by atoms with Crippen LogP contribution in [0.1, 0.15) is 27.7 Å². The minimum Gasteiger partial charge on any atom is -0.455 e. The van der Waals surface area contributed by atoms with Crippen molar-refractivity contribution in [1.82, 2.24) is 0 Å². The number of halogens is 3. The van der Waals surface area contributed by atoms with Gasteiger partial charge in [0.15, 0.2) is 0 Å². The lowest BCUT2D eigenvalue weighted by molar-refractivity contribution is -0.208. The number of hydrogen-bond donors (Lipinski definition) is 0. The van der Waals surface area contributed by atoms with E-state index in [9.17, 15) is 18.0 Å². The van der Waals surface area contributed by atoms with E-state index in [1.807, 2.05) is 0 Å². The Morgan fingerprint density at radius 1 is 1.23 bits per heavy atom. The molecule has 0 radical (unpaired) electrons. The fourth-order valence-electron chi connectivity index (χ4n) is 0.404. The molecule has 0 bridgehead atoms. The Morgan fingerprint density at radius 3 is 1.85 bits per heavy atom. The molecule has 0 rings (SSSR count). The van der Waals surface area contributed by atoms with Crippen LogP contribution in [0.5, 0.6) is 0 Å². The Hall–Kier alpha value is -0.740. The van der Waals surface area contributed by atoms with Crippen molar-refractivity contribution in [2.45, 2.75) is 40.0 Å². The van der Waals surface area contributed by atoms with Gasteiger partial charge in [-0.15, -0.1) is 0 Å². The van der Waals surface area contributed by atoms with Crippen molar-refractivity contribution in [3.63, 3.8) is 0 Å². The van der Waals surface area contributed by atoms with E-state index >= 15 is 0 Å². The molecule has 0 fully saturated rings. The van der Waals surface area contributed by atoms with Gasteiger partial charge in [-0.2, -0.15) is 13.2 Å². The van der Waals surface area contributed by atoms with Crippen LogP contribution in [0.25, 0.3) is 0 Å². The Kier molecular flexibility index (Phi) is 3.35. The van der Waals surface area contributed by atoms with Crippen molar-refractivity contribution < 1.29 is 22.7 Å². The van der Waals surface area contributed by atoms with Crippen LogP contribution >= 0.6 is 0 Å². The molecule has 0 unspecified atom stereocenters. The molecule has 0 aromatic rings. The smallest absolute Gasteiger partial charge is 0.455 e. The lowest BCUT2D eigenvalue weighted by atomic mass is 9.90. The lowest BCUT2D eigenvalue weighted by Gasteiger charge is -2.27. The normalized spacial score (nSPS) is 15.3. The van der Waals surface area contributed by atoms with Crippen LogP contribution in [0.2, 0.25) is 0 Å². The first kappa shape index (κ1) is 12.3. The first-order chi connectivity index (χ1) is 5.55. The summed E-state index contributed by atoms with van der Waals surface area (Å²) in [6.45, 7) is 6.52. The Balaban J connectivity index is 4.24. The number of esters is 1. The molecule has 0 amide bonds. The summed E-state index contributed by atoms with van der Waals surface area (Å²) in [6, 6.07) is 0. The van der Waals surface area contributed by atoms with Crippen molar-refractivity contribution in [3.8, 4) is 0 Å². The lowest BCUT2D eigenvalue weighted by Crippen LogP contribution is -2.34. The molecule has 1 atom stereocenters. The van der Waals surface area contributed by atoms with E-state index in [4.69, 9.17) is 0 Å². The number of alkyl halides is 3. The van der Waals surface area contributed by atoms with Crippen molar-refractivity contribution in [2.75, 3.05) is 0 Å². The van der Waals surface area contributed by atoms with Gasteiger partial charge in [-0.25, -0.2) is 4.79 Å². The molecule has 0 saturated carbocycles. The second-order valence-electron chi connectivity index (χ2n) is 3.91. The number of rotatable bonds is 1. The Bertz CT molecular complexity index is 191. The molecule has 0 heterocycles. The van der Waals surface area contributed by atoms with Crippen LogP contribution in [0.3, 0.4) is 0 Å². The van der Waals surface area contributed by atoms with E-state index < -0.39 is 23.7 Å². The molecule has 5 heteroatoms. The molecule has 0 saturated heterocycles. The highest BCUT2D eigenvalue weighted by molar-refractivity contribution is 5.75. The van der Waals surface area contributed by atoms with Gasteiger partial charge in [0.25, 0.3) is 0 Å². The van der Waals surface area contributed by atoms with Gasteiger partial charge in [-0.1, -0.05) is 20.8 Å². The number of ether oxygens (including phenoxy) is 1. The van der Waals surface area contributed by atoms with Crippen molar-refractivity contribution >= 4 is 5.97 Å². The predicted molar refractivity (Wildman–Crippen MR) is 41.1 cm³/mol. The van der Waals surface area contributed by atoms with Crippen molar-refractivity contribution in [3.05, 3.63) is 0 Å². The van der Waals surface area contributed by atoms with E-state index in [1.54, 1.807) is 20.8 Å². The fraction of sp³-hybridized carbons (Fsp3) is 0.875. The monoisotopic (exact) mass is 198 g/mol. The van der Waals surface area contributed by atoms with Gasteiger partial charge in [0, 0.05) is 0 Å². The molecule has 78 valence electrons. The molecule has 13 heavy (non-hydrogen) atoms. The Labute approximate surface area is 75.1 Å². The number of hydrogen-bond acceptors (Lipinski definition) is 2. The summed E-state index contributed by atoms with van der Waals surface area (Å²) in [5, 5.41) is 0. The Morgan fingerprint density at radius 2 is 1.62 bits per heavy atom. The number of carbonyl (C=O) groups is 1. The highest BCUT2D eigenvalue weighted by Crippen LogP contribution is 2.25. The molecule has 2 nitrogen and oxygen atoms in total. The standard InChI is InChI=1S/C8H13F3O2/c1-5(7(2,3)4)13-6(12)8(9,10)11/h5H,1-4H3/t5-/m0/s1. The molecule has 0 N–H and O–H groups in total. The van der Waals surface area contributed by atoms with Crippen molar-refractivity contribution in [2.24, 2.45) is 5.41 Å². The van der Waals surface area contributed by atoms with Gasteiger partial charge in [0.1, 0.15) is 6.10 Å². The summed E-state index contributed by atoms with van der Waals surface area (Å²) in [5.74, 6) is -2.13. The average molecular weight is 198 g/mol. The fourth-order valence-corrected chi connectivity index (χ4v) is 0.404. The second kappa shape index (κ2) is 3.55. The minimum absolute atomic E-state index is 0.485. The molecule has 0 aliphatic heterocycles. The predicted octanol–water partition coefficient (Wildman–Crippen LogP) is 2.53. The van der Waals surface area contributed by atoms with Crippen LogP contribution in [0.4, 0.5) is 13.2 Å². The van der Waals surface area contributed by atoms with Gasteiger partial charge >= 0.3 is 12.1 Å². The van der Waals surface area contributed by atoms with Crippen LogP contribution in [-0.4, -0.2) is 18.2 Å². The highest BCUT2D eigenvalue weighted by Gasteiger charge is 2.43. The zero-order valence-electron chi connectivity index (χ0n) is 8.03.